The van der Waals surface area contributed by atoms with E-state index in [0.717, 1.165) is 16.5 Å². The van der Waals surface area contributed by atoms with Gasteiger partial charge in [0.25, 0.3) is 5.91 Å². The van der Waals surface area contributed by atoms with Gasteiger partial charge in [0.05, 0.1) is 11.3 Å². The quantitative estimate of drug-likeness (QED) is 0.688. The molecule has 0 spiro atoms. The first-order valence-electron chi connectivity index (χ1n) is 7.24. The lowest BCUT2D eigenvalue weighted by Crippen LogP contribution is -2.20. The molecule has 6 nitrogen and oxygen atoms in total. The van der Waals surface area contributed by atoms with Gasteiger partial charge in [-0.05, 0) is 29.8 Å². The summed E-state index contributed by atoms with van der Waals surface area (Å²) in [4.78, 5) is 30.6. The van der Waals surface area contributed by atoms with Gasteiger partial charge in [0.15, 0.2) is 0 Å². The van der Waals surface area contributed by atoms with Crippen molar-refractivity contribution in [1.29, 1.82) is 0 Å². The number of aromatic amines is 1. The first-order valence-corrected chi connectivity index (χ1v) is 7.24. The Labute approximate surface area is 137 Å². The van der Waals surface area contributed by atoms with Crippen LogP contribution in [0.15, 0.2) is 49.2 Å². The molecule has 0 aliphatic rings. The summed E-state index contributed by atoms with van der Waals surface area (Å²) >= 11 is 0. The van der Waals surface area contributed by atoms with Crippen LogP contribution in [-0.2, 0) is 0 Å². The molecule has 0 radical (unpaired) electrons. The Morgan fingerprint density at radius 1 is 1.21 bits per heavy atom. The van der Waals surface area contributed by atoms with Crippen molar-refractivity contribution in [3.63, 3.8) is 0 Å². The maximum absolute atomic E-state index is 11.9. The number of carbonyl (C=O) groups is 2. The lowest BCUT2D eigenvalue weighted by Gasteiger charge is -2.10. The number of carbonyl (C=O) groups excluding carboxylic acids is 1. The Morgan fingerprint density at radius 2 is 1.96 bits per heavy atom. The van der Waals surface area contributed by atoms with E-state index in [1.807, 2.05) is 30.5 Å². The minimum atomic E-state index is -1.13. The molecule has 3 N–H and O–H groups in total. The molecule has 0 aliphatic heterocycles. The van der Waals surface area contributed by atoms with Crippen molar-refractivity contribution in [2.24, 2.45) is 0 Å². The van der Waals surface area contributed by atoms with Crippen LogP contribution in [0.4, 0.5) is 0 Å². The number of pyridine rings is 1. The van der Waals surface area contributed by atoms with Crippen LogP contribution in [-0.4, -0.2) is 34.0 Å². The van der Waals surface area contributed by atoms with Crippen molar-refractivity contribution in [3.8, 4) is 0 Å². The average Bonchev–Trinajstić information content (AvgIpc) is 3.08. The molecule has 1 amide bonds. The molecule has 0 aliphatic carbocycles. The summed E-state index contributed by atoms with van der Waals surface area (Å²) in [6.07, 6.45) is 1.82. The minimum Gasteiger partial charge on any atom is -0.478 e. The number of rotatable bonds is 4. The normalized spacial score (nSPS) is 10.5. The van der Waals surface area contributed by atoms with Crippen LogP contribution < -0.4 is 5.32 Å². The van der Waals surface area contributed by atoms with Gasteiger partial charge >= 0.3 is 5.97 Å². The van der Waals surface area contributed by atoms with E-state index in [0.29, 0.717) is 11.3 Å². The van der Waals surface area contributed by atoms with E-state index in [4.69, 9.17) is 0 Å². The lowest BCUT2D eigenvalue weighted by atomic mass is 9.99. The zero-order valence-corrected chi connectivity index (χ0v) is 13.0. The van der Waals surface area contributed by atoms with E-state index in [2.05, 4.69) is 21.9 Å². The monoisotopic (exact) mass is 321 g/mol. The Morgan fingerprint density at radius 3 is 2.67 bits per heavy atom. The van der Waals surface area contributed by atoms with Gasteiger partial charge in [-0.1, -0.05) is 18.7 Å². The van der Waals surface area contributed by atoms with Crippen molar-refractivity contribution in [2.45, 2.75) is 0 Å². The predicted octanol–water partition coefficient (Wildman–Crippen LogP) is 2.68. The molecule has 0 saturated carbocycles. The maximum Gasteiger partial charge on any atom is 0.335 e. The van der Waals surface area contributed by atoms with Crippen molar-refractivity contribution in [1.82, 2.24) is 15.3 Å². The number of carboxylic acid groups (broad SMARTS) is 1. The third-order valence-electron chi connectivity index (χ3n) is 3.76. The second-order valence-corrected chi connectivity index (χ2v) is 5.23. The highest BCUT2D eigenvalue weighted by molar-refractivity contribution is 5.99. The smallest absolute Gasteiger partial charge is 0.335 e. The average molecular weight is 321 g/mol. The summed E-state index contributed by atoms with van der Waals surface area (Å²) in [6.45, 7) is 4.05. The number of aromatic carboxylic acids is 1. The fourth-order valence-electron chi connectivity index (χ4n) is 2.54. The van der Waals surface area contributed by atoms with Gasteiger partial charge < -0.3 is 15.4 Å². The number of nitrogens with zero attached hydrogens (tertiary/aromatic N) is 1. The minimum absolute atomic E-state index is 0.0130. The zero-order valence-electron chi connectivity index (χ0n) is 13.0. The van der Waals surface area contributed by atoms with Gasteiger partial charge in [0.2, 0.25) is 0 Å². The molecule has 1 aromatic carbocycles. The van der Waals surface area contributed by atoms with Crippen LogP contribution in [0.3, 0.4) is 0 Å². The third kappa shape index (κ3) is 2.65. The molecule has 0 saturated heterocycles. The summed E-state index contributed by atoms with van der Waals surface area (Å²) in [6, 6.07) is 10.3. The molecule has 0 unspecified atom stereocenters. The zero-order chi connectivity index (χ0) is 17.3. The molecular formula is C18H15N3O3. The summed E-state index contributed by atoms with van der Waals surface area (Å²) in [7, 11) is 1.46. The van der Waals surface area contributed by atoms with Crippen molar-refractivity contribution in [3.05, 3.63) is 71.7 Å². The van der Waals surface area contributed by atoms with Gasteiger partial charge in [-0.3, -0.25) is 4.79 Å². The van der Waals surface area contributed by atoms with Gasteiger partial charge in [-0.15, -0.1) is 0 Å². The highest BCUT2D eigenvalue weighted by Crippen LogP contribution is 2.28. The number of aromatic nitrogens is 2. The molecular weight excluding hydrogens is 306 g/mol. The van der Waals surface area contributed by atoms with Crippen molar-refractivity contribution in [2.75, 3.05) is 7.05 Å². The SMILES string of the molecule is C=C(c1cc(C(=O)O)cc(C(=O)NC)n1)c1cccc2[nH]ccc12. The number of fused-ring (bicyclic) bond motifs is 1. The maximum atomic E-state index is 11.9. The van der Waals surface area contributed by atoms with E-state index in [1.165, 1.54) is 19.2 Å². The molecule has 2 aromatic heterocycles. The summed E-state index contributed by atoms with van der Waals surface area (Å²) < 4.78 is 0. The topological polar surface area (TPSA) is 95.1 Å². The molecule has 2 heterocycles. The molecule has 0 atom stereocenters. The van der Waals surface area contributed by atoms with Crippen LogP contribution in [0.2, 0.25) is 0 Å². The first-order chi connectivity index (χ1) is 11.5. The molecule has 3 aromatic rings. The predicted molar refractivity (Wildman–Crippen MR) is 91.0 cm³/mol. The second kappa shape index (κ2) is 6.00. The summed E-state index contributed by atoms with van der Waals surface area (Å²) in [5.41, 5.74) is 2.69. The van der Waals surface area contributed by atoms with E-state index < -0.39 is 11.9 Å². The molecule has 6 heteroatoms. The standard InChI is InChI=1S/C18H15N3O3/c1-10(12-4-3-5-14-13(12)6-7-20-14)15-8-11(18(23)24)9-16(21-15)17(22)19-2/h3-9,20H,1H2,2H3,(H,19,22)(H,23,24). The Bertz CT molecular complexity index is 973. The number of amides is 1. The van der Waals surface area contributed by atoms with Crippen LogP contribution in [0.5, 0.6) is 0 Å². The highest BCUT2D eigenvalue weighted by Gasteiger charge is 2.16. The number of H-pyrrole nitrogens is 1. The fourth-order valence-corrected chi connectivity index (χ4v) is 2.54. The Balaban J connectivity index is 2.15. The van der Waals surface area contributed by atoms with Crippen LogP contribution >= 0.6 is 0 Å². The summed E-state index contributed by atoms with van der Waals surface area (Å²) in [5, 5.41) is 12.7. The number of benzene rings is 1. The fraction of sp³-hybridized carbons (Fsp3) is 0.0556. The van der Waals surface area contributed by atoms with Crippen molar-refractivity contribution >= 4 is 28.4 Å². The second-order valence-electron chi connectivity index (χ2n) is 5.23. The Kier molecular flexibility index (Phi) is 3.87. The van der Waals surface area contributed by atoms with E-state index in [-0.39, 0.29) is 11.3 Å². The van der Waals surface area contributed by atoms with Gasteiger partial charge in [0.1, 0.15) is 5.69 Å². The van der Waals surface area contributed by atoms with Crippen molar-refractivity contribution < 1.29 is 14.7 Å². The lowest BCUT2D eigenvalue weighted by molar-refractivity contribution is 0.0696. The van der Waals surface area contributed by atoms with E-state index >= 15 is 0 Å². The highest BCUT2D eigenvalue weighted by atomic mass is 16.4. The first kappa shape index (κ1) is 15.5. The molecule has 3 rings (SSSR count). The molecule has 120 valence electrons. The third-order valence-corrected chi connectivity index (χ3v) is 3.76. The van der Waals surface area contributed by atoms with Gasteiger partial charge in [-0.25, -0.2) is 9.78 Å². The number of hydrogen-bond acceptors (Lipinski definition) is 3. The van der Waals surface area contributed by atoms with Gasteiger partial charge in [0, 0.05) is 29.7 Å². The Hall–Kier alpha value is -3.41. The van der Waals surface area contributed by atoms with Gasteiger partial charge in [-0.2, -0.15) is 0 Å². The number of nitrogens with one attached hydrogen (secondary N) is 2. The number of carboxylic acids is 1. The van der Waals surface area contributed by atoms with Crippen LogP contribution in [0.25, 0.3) is 16.5 Å². The number of hydrogen-bond donors (Lipinski definition) is 3. The van der Waals surface area contributed by atoms with E-state index in [1.54, 1.807) is 0 Å². The molecule has 0 bridgehead atoms. The van der Waals surface area contributed by atoms with E-state index in [9.17, 15) is 14.7 Å². The molecule has 24 heavy (non-hydrogen) atoms. The summed E-state index contributed by atoms with van der Waals surface area (Å²) in [5.74, 6) is -1.58. The molecule has 0 fully saturated rings. The largest absolute Gasteiger partial charge is 0.478 e. The van der Waals surface area contributed by atoms with Crippen LogP contribution in [0, 0.1) is 0 Å². The van der Waals surface area contributed by atoms with Crippen LogP contribution in [0.1, 0.15) is 32.1 Å².